The van der Waals surface area contributed by atoms with E-state index in [9.17, 15) is 9.59 Å². The van der Waals surface area contributed by atoms with Gasteiger partial charge in [0.2, 0.25) is 0 Å². The first kappa shape index (κ1) is 16.8. The molecule has 0 radical (unpaired) electrons. The van der Waals surface area contributed by atoms with Crippen molar-refractivity contribution in [1.82, 2.24) is 15.6 Å². The molecule has 0 saturated carbocycles. The lowest BCUT2D eigenvalue weighted by molar-refractivity contribution is 0.240. The van der Waals surface area contributed by atoms with Crippen LogP contribution in [0, 0.1) is 13.8 Å². The Morgan fingerprint density at radius 1 is 0.960 bits per heavy atom. The van der Waals surface area contributed by atoms with E-state index in [0.717, 1.165) is 22.2 Å². The molecule has 0 unspecified atom stereocenters. The number of aromatic amines is 1. The molecule has 2 amide bonds. The quantitative estimate of drug-likeness (QED) is 0.685. The molecule has 0 aliphatic rings. The summed E-state index contributed by atoms with van der Waals surface area (Å²) < 4.78 is 0. The highest BCUT2D eigenvalue weighted by atomic mass is 16.2. The zero-order valence-corrected chi connectivity index (χ0v) is 14.3. The first-order valence-electron chi connectivity index (χ1n) is 8.22. The van der Waals surface area contributed by atoms with Crippen molar-refractivity contribution in [2.75, 3.05) is 0 Å². The van der Waals surface area contributed by atoms with Crippen LogP contribution >= 0.6 is 0 Å². The van der Waals surface area contributed by atoms with E-state index in [4.69, 9.17) is 0 Å². The fraction of sp³-hybridized carbons (Fsp3) is 0.200. The van der Waals surface area contributed by atoms with Crippen molar-refractivity contribution in [2.45, 2.75) is 26.9 Å². The highest BCUT2D eigenvalue weighted by Gasteiger charge is 2.07. The van der Waals surface area contributed by atoms with Crippen LogP contribution < -0.4 is 16.2 Å². The minimum atomic E-state index is -0.299. The maximum absolute atomic E-state index is 12.0. The standard InChI is InChI=1S/C20H21N3O2/c1-13-9-14(2)23-19(24)18(13)12-22-20(25)21-11-15-7-8-16-5-3-4-6-17(16)10-15/h3-10H,11-12H2,1-2H3,(H,23,24)(H2,21,22,25). The molecule has 5 nitrogen and oxygen atoms in total. The number of urea groups is 1. The topological polar surface area (TPSA) is 74.0 Å². The number of fused-ring (bicyclic) bond motifs is 1. The van der Waals surface area contributed by atoms with Gasteiger partial charge >= 0.3 is 6.03 Å². The molecule has 0 aliphatic heterocycles. The number of amides is 2. The van der Waals surface area contributed by atoms with Crippen molar-refractivity contribution in [3.8, 4) is 0 Å². The molecule has 3 aromatic rings. The molecule has 0 bridgehead atoms. The van der Waals surface area contributed by atoms with Gasteiger partial charge in [-0.25, -0.2) is 4.79 Å². The van der Waals surface area contributed by atoms with Crippen LogP contribution in [0.25, 0.3) is 10.8 Å². The van der Waals surface area contributed by atoms with Gasteiger partial charge in [-0.3, -0.25) is 4.79 Å². The molecule has 0 fully saturated rings. The van der Waals surface area contributed by atoms with Crippen molar-refractivity contribution < 1.29 is 4.79 Å². The van der Waals surface area contributed by atoms with Gasteiger partial charge < -0.3 is 15.6 Å². The molecule has 3 rings (SSSR count). The van der Waals surface area contributed by atoms with Crippen LogP contribution in [0.2, 0.25) is 0 Å². The lowest BCUT2D eigenvalue weighted by Crippen LogP contribution is -2.36. The van der Waals surface area contributed by atoms with Gasteiger partial charge in [0.05, 0.1) is 6.54 Å². The van der Waals surface area contributed by atoms with Crippen LogP contribution in [-0.4, -0.2) is 11.0 Å². The Morgan fingerprint density at radius 2 is 1.68 bits per heavy atom. The Kier molecular flexibility index (Phi) is 4.84. The maximum Gasteiger partial charge on any atom is 0.315 e. The predicted octanol–water partition coefficient (Wildman–Crippen LogP) is 3.14. The summed E-state index contributed by atoms with van der Waals surface area (Å²) in [6.07, 6.45) is 0. The molecular weight excluding hydrogens is 314 g/mol. The second-order valence-corrected chi connectivity index (χ2v) is 6.16. The second-order valence-electron chi connectivity index (χ2n) is 6.16. The van der Waals surface area contributed by atoms with Crippen LogP contribution in [0.3, 0.4) is 0 Å². The minimum absolute atomic E-state index is 0.160. The Morgan fingerprint density at radius 3 is 2.44 bits per heavy atom. The van der Waals surface area contributed by atoms with E-state index in [1.807, 2.05) is 50.2 Å². The van der Waals surface area contributed by atoms with E-state index >= 15 is 0 Å². The summed E-state index contributed by atoms with van der Waals surface area (Å²) in [5.74, 6) is 0. The molecule has 128 valence electrons. The first-order valence-corrected chi connectivity index (χ1v) is 8.22. The fourth-order valence-electron chi connectivity index (χ4n) is 2.86. The van der Waals surface area contributed by atoms with Gasteiger partial charge in [-0.2, -0.15) is 0 Å². The summed E-state index contributed by atoms with van der Waals surface area (Å²) in [5, 5.41) is 7.87. The van der Waals surface area contributed by atoms with Gasteiger partial charge in [-0.15, -0.1) is 0 Å². The summed E-state index contributed by atoms with van der Waals surface area (Å²) in [7, 11) is 0. The highest BCUT2D eigenvalue weighted by molar-refractivity contribution is 5.83. The predicted molar refractivity (Wildman–Crippen MR) is 99.6 cm³/mol. The number of benzene rings is 2. The summed E-state index contributed by atoms with van der Waals surface area (Å²) in [6.45, 7) is 4.33. The van der Waals surface area contributed by atoms with Gasteiger partial charge in [0.15, 0.2) is 0 Å². The molecule has 1 heterocycles. The number of carbonyl (C=O) groups is 1. The lowest BCUT2D eigenvalue weighted by atomic mass is 10.1. The Balaban J connectivity index is 1.58. The minimum Gasteiger partial charge on any atom is -0.334 e. The van der Waals surface area contributed by atoms with Gasteiger partial charge in [-0.05, 0) is 47.9 Å². The van der Waals surface area contributed by atoms with E-state index in [2.05, 4.69) is 27.8 Å². The Hall–Kier alpha value is -3.08. The number of rotatable bonds is 4. The van der Waals surface area contributed by atoms with E-state index in [1.54, 1.807) is 0 Å². The average molecular weight is 335 g/mol. The molecule has 2 aromatic carbocycles. The zero-order chi connectivity index (χ0) is 17.8. The summed E-state index contributed by atoms with van der Waals surface area (Å²) in [5.41, 5.74) is 3.13. The van der Waals surface area contributed by atoms with Gasteiger partial charge in [0.25, 0.3) is 5.56 Å². The summed E-state index contributed by atoms with van der Waals surface area (Å²) >= 11 is 0. The van der Waals surface area contributed by atoms with E-state index in [0.29, 0.717) is 12.1 Å². The third-order valence-electron chi connectivity index (χ3n) is 4.19. The lowest BCUT2D eigenvalue weighted by Gasteiger charge is -2.10. The van der Waals surface area contributed by atoms with Crippen molar-refractivity contribution in [2.24, 2.45) is 0 Å². The Labute approximate surface area is 146 Å². The van der Waals surface area contributed by atoms with Gasteiger partial charge in [0.1, 0.15) is 0 Å². The second kappa shape index (κ2) is 7.21. The monoisotopic (exact) mass is 335 g/mol. The van der Waals surface area contributed by atoms with Crippen molar-refractivity contribution in [3.63, 3.8) is 0 Å². The number of pyridine rings is 1. The third kappa shape index (κ3) is 4.07. The number of aromatic nitrogens is 1. The Bertz CT molecular complexity index is 976. The van der Waals surface area contributed by atoms with Crippen LogP contribution in [0.4, 0.5) is 4.79 Å². The highest BCUT2D eigenvalue weighted by Crippen LogP contribution is 2.15. The maximum atomic E-state index is 12.0. The number of H-pyrrole nitrogens is 1. The van der Waals surface area contributed by atoms with E-state index < -0.39 is 0 Å². The molecular formula is C20H21N3O2. The largest absolute Gasteiger partial charge is 0.334 e. The molecule has 1 aromatic heterocycles. The SMILES string of the molecule is Cc1cc(C)c(CNC(=O)NCc2ccc3ccccc3c2)c(=O)[nH]1. The number of aryl methyl sites for hydroxylation is 2. The number of nitrogens with one attached hydrogen (secondary N) is 3. The molecule has 0 saturated heterocycles. The van der Waals surface area contributed by atoms with Crippen LogP contribution in [0.15, 0.2) is 53.3 Å². The fourth-order valence-corrected chi connectivity index (χ4v) is 2.86. The van der Waals surface area contributed by atoms with Crippen molar-refractivity contribution in [3.05, 3.63) is 81.3 Å². The molecule has 0 atom stereocenters. The van der Waals surface area contributed by atoms with Crippen molar-refractivity contribution >= 4 is 16.8 Å². The smallest absolute Gasteiger partial charge is 0.315 e. The number of carbonyl (C=O) groups excluding carboxylic acids is 1. The summed E-state index contributed by atoms with van der Waals surface area (Å²) in [4.78, 5) is 26.7. The molecule has 0 spiro atoms. The normalized spacial score (nSPS) is 10.6. The van der Waals surface area contributed by atoms with Crippen LogP contribution in [0.5, 0.6) is 0 Å². The zero-order valence-electron chi connectivity index (χ0n) is 14.3. The van der Waals surface area contributed by atoms with Crippen molar-refractivity contribution in [1.29, 1.82) is 0 Å². The molecule has 0 aliphatic carbocycles. The van der Waals surface area contributed by atoms with Crippen LogP contribution in [-0.2, 0) is 13.1 Å². The third-order valence-corrected chi connectivity index (χ3v) is 4.19. The van der Waals surface area contributed by atoms with Gasteiger partial charge in [-0.1, -0.05) is 36.4 Å². The van der Waals surface area contributed by atoms with E-state index in [-0.39, 0.29) is 18.1 Å². The molecule has 5 heteroatoms. The van der Waals surface area contributed by atoms with Crippen LogP contribution in [0.1, 0.15) is 22.4 Å². The number of hydrogen-bond donors (Lipinski definition) is 3. The average Bonchev–Trinajstić information content (AvgIpc) is 2.59. The molecule has 3 N–H and O–H groups in total. The number of hydrogen-bond acceptors (Lipinski definition) is 2. The summed E-state index contributed by atoms with van der Waals surface area (Å²) in [6, 6.07) is 15.8. The van der Waals surface area contributed by atoms with E-state index in [1.165, 1.54) is 5.39 Å². The van der Waals surface area contributed by atoms with Gasteiger partial charge in [0, 0.05) is 17.8 Å². The first-order chi connectivity index (χ1) is 12.0. The molecule has 25 heavy (non-hydrogen) atoms.